The average molecular weight is 375 g/mol. The Bertz CT molecular complexity index is 1050. The fourth-order valence-corrected chi connectivity index (χ4v) is 4.53. The van der Waals surface area contributed by atoms with Gasteiger partial charge in [-0.25, -0.2) is 9.67 Å². The van der Waals surface area contributed by atoms with Crippen LogP contribution in [0.25, 0.3) is 11.0 Å². The first-order valence-electron chi connectivity index (χ1n) is 10.1. The third-order valence-corrected chi connectivity index (χ3v) is 5.95. The Labute approximate surface area is 164 Å². The first-order chi connectivity index (χ1) is 13.7. The zero-order valence-corrected chi connectivity index (χ0v) is 16.4. The van der Waals surface area contributed by atoms with Crippen molar-refractivity contribution in [2.24, 2.45) is 5.16 Å². The summed E-state index contributed by atoms with van der Waals surface area (Å²) in [4.78, 5) is 10.9. The molecule has 1 N–H and O–H groups in total. The van der Waals surface area contributed by atoms with Crippen LogP contribution in [0.5, 0.6) is 0 Å². The summed E-state index contributed by atoms with van der Waals surface area (Å²) < 4.78 is 1.94. The van der Waals surface area contributed by atoms with Crippen LogP contribution in [0.1, 0.15) is 50.3 Å². The van der Waals surface area contributed by atoms with Crippen molar-refractivity contribution in [3.05, 3.63) is 47.8 Å². The molecule has 144 valence electrons. The van der Waals surface area contributed by atoms with E-state index in [1.807, 2.05) is 29.1 Å². The number of rotatable bonds is 4. The number of hydrogen-bond acceptors (Lipinski definition) is 5. The second kappa shape index (κ2) is 6.62. The molecule has 3 heterocycles. The van der Waals surface area contributed by atoms with Crippen molar-refractivity contribution in [3.8, 4) is 0 Å². The maximum absolute atomic E-state index is 5.98. The monoisotopic (exact) mass is 375 g/mol. The van der Waals surface area contributed by atoms with E-state index < -0.39 is 0 Å². The minimum absolute atomic E-state index is 0.103. The summed E-state index contributed by atoms with van der Waals surface area (Å²) in [5, 5.41) is 13.7. The summed E-state index contributed by atoms with van der Waals surface area (Å²) >= 11 is 0. The van der Waals surface area contributed by atoms with Crippen LogP contribution in [0.2, 0.25) is 0 Å². The third-order valence-electron chi connectivity index (χ3n) is 5.95. The summed E-state index contributed by atoms with van der Waals surface area (Å²) in [6, 6.07) is 10.2. The van der Waals surface area contributed by atoms with Gasteiger partial charge < -0.3 is 10.2 Å². The van der Waals surface area contributed by atoms with E-state index in [-0.39, 0.29) is 5.60 Å². The van der Waals surface area contributed by atoms with Gasteiger partial charge in [0.15, 0.2) is 5.65 Å². The molecule has 28 heavy (non-hydrogen) atoms. The number of nitrogens with zero attached hydrogens (tertiary/aromatic N) is 4. The summed E-state index contributed by atoms with van der Waals surface area (Å²) in [5.74, 6) is 0. The van der Waals surface area contributed by atoms with Crippen LogP contribution in [-0.4, -0.2) is 26.1 Å². The van der Waals surface area contributed by atoms with Crippen LogP contribution in [0, 0.1) is 6.92 Å². The van der Waals surface area contributed by atoms with Crippen LogP contribution in [0.4, 0.5) is 11.4 Å². The molecule has 0 radical (unpaired) electrons. The minimum Gasteiger partial charge on any atom is -0.389 e. The number of para-hydroxylation sites is 1. The molecule has 0 unspecified atom stereocenters. The van der Waals surface area contributed by atoms with E-state index >= 15 is 0 Å². The Morgan fingerprint density at radius 1 is 1.18 bits per heavy atom. The number of fused-ring (bicyclic) bond motifs is 1. The SMILES string of the molecule is CCn1ncc2c(Nc3ccccc3)c(C3=NOC4(CCCC4)C3)c(C)nc21. The van der Waals surface area contributed by atoms with Crippen molar-refractivity contribution in [1.29, 1.82) is 0 Å². The second-order valence-electron chi connectivity index (χ2n) is 7.83. The Kier molecular flexibility index (Phi) is 4.07. The standard InChI is InChI=1S/C22H25N5O/c1-3-27-21-17(14-23-27)20(25-16-9-5-4-6-10-16)19(15(2)24-21)18-13-22(28-26-18)11-7-8-12-22/h4-6,9-10,14H,3,7-8,11-13H2,1-2H3,(H,24,25). The number of aromatic nitrogens is 3. The molecule has 0 saturated heterocycles. The molecule has 1 spiro atoms. The Morgan fingerprint density at radius 2 is 1.96 bits per heavy atom. The average Bonchev–Trinajstić information content (AvgIpc) is 3.43. The second-order valence-corrected chi connectivity index (χ2v) is 7.83. The molecule has 0 bridgehead atoms. The Balaban J connectivity index is 1.65. The number of pyridine rings is 1. The number of benzene rings is 1. The molecular formula is C22H25N5O. The summed E-state index contributed by atoms with van der Waals surface area (Å²) in [6.07, 6.45) is 7.37. The maximum atomic E-state index is 5.98. The normalized spacial score (nSPS) is 17.9. The van der Waals surface area contributed by atoms with Gasteiger partial charge in [-0.15, -0.1) is 0 Å². The molecular weight excluding hydrogens is 350 g/mol. The van der Waals surface area contributed by atoms with Crippen molar-refractivity contribution >= 4 is 28.1 Å². The first kappa shape index (κ1) is 17.2. The molecule has 0 atom stereocenters. The van der Waals surface area contributed by atoms with Crippen molar-refractivity contribution in [2.45, 2.75) is 58.1 Å². The van der Waals surface area contributed by atoms with E-state index in [1.54, 1.807) is 0 Å². The number of nitrogens with one attached hydrogen (secondary N) is 1. The minimum atomic E-state index is -0.103. The molecule has 1 aromatic carbocycles. The molecule has 6 heteroatoms. The maximum Gasteiger partial charge on any atom is 0.160 e. The van der Waals surface area contributed by atoms with Crippen LogP contribution in [0.3, 0.4) is 0 Å². The fraction of sp³-hybridized carbons (Fsp3) is 0.409. The largest absolute Gasteiger partial charge is 0.389 e. The van der Waals surface area contributed by atoms with Crippen LogP contribution < -0.4 is 5.32 Å². The summed E-state index contributed by atoms with van der Waals surface area (Å²) in [5.41, 5.74) is 5.86. The van der Waals surface area contributed by atoms with E-state index in [9.17, 15) is 0 Å². The molecule has 1 saturated carbocycles. The molecule has 1 fully saturated rings. The number of aryl methyl sites for hydroxylation is 2. The Morgan fingerprint density at radius 3 is 2.71 bits per heavy atom. The van der Waals surface area contributed by atoms with Gasteiger partial charge in [0.1, 0.15) is 5.60 Å². The van der Waals surface area contributed by atoms with Gasteiger partial charge in [0.2, 0.25) is 0 Å². The highest BCUT2D eigenvalue weighted by molar-refractivity contribution is 6.12. The lowest BCUT2D eigenvalue weighted by molar-refractivity contribution is -0.0126. The van der Waals surface area contributed by atoms with Gasteiger partial charge in [0, 0.05) is 24.2 Å². The van der Waals surface area contributed by atoms with Gasteiger partial charge in [-0.2, -0.15) is 5.10 Å². The Hall–Kier alpha value is -2.89. The highest BCUT2D eigenvalue weighted by Crippen LogP contribution is 2.43. The molecule has 3 aromatic rings. The van der Waals surface area contributed by atoms with Crippen LogP contribution in [-0.2, 0) is 11.4 Å². The van der Waals surface area contributed by atoms with Gasteiger partial charge in [0.25, 0.3) is 0 Å². The lowest BCUT2D eigenvalue weighted by Gasteiger charge is -2.20. The number of oxime groups is 1. The van der Waals surface area contributed by atoms with Crippen molar-refractivity contribution in [1.82, 2.24) is 14.8 Å². The molecule has 2 aliphatic rings. The van der Waals surface area contributed by atoms with Crippen molar-refractivity contribution in [3.63, 3.8) is 0 Å². The van der Waals surface area contributed by atoms with Gasteiger partial charge in [0.05, 0.1) is 28.7 Å². The highest BCUT2D eigenvalue weighted by atomic mass is 16.7. The smallest absolute Gasteiger partial charge is 0.160 e. The molecule has 1 aliphatic heterocycles. The number of anilines is 2. The van der Waals surface area contributed by atoms with Gasteiger partial charge in [-0.1, -0.05) is 23.4 Å². The van der Waals surface area contributed by atoms with Crippen LogP contribution >= 0.6 is 0 Å². The van der Waals surface area contributed by atoms with E-state index in [1.165, 1.54) is 12.8 Å². The van der Waals surface area contributed by atoms with Crippen LogP contribution in [0.15, 0.2) is 41.7 Å². The molecule has 2 aromatic heterocycles. The van der Waals surface area contributed by atoms with E-state index in [4.69, 9.17) is 9.82 Å². The van der Waals surface area contributed by atoms with Gasteiger partial charge >= 0.3 is 0 Å². The summed E-state index contributed by atoms with van der Waals surface area (Å²) in [6.45, 7) is 4.92. The predicted molar refractivity (Wildman–Crippen MR) is 111 cm³/mol. The predicted octanol–water partition coefficient (Wildman–Crippen LogP) is 4.94. The lowest BCUT2D eigenvalue weighted by Crippen LogP contribution is -2.25. The molecule has 5 rings (SSSR count). The molecule has 0 amide bonds. The lowest BCUT2D eigenvalue weighted by atomic mass is 9.91. The number of hydrogen-bond donors (Lipinski definition) is 1. The van der Waals surface area contributed by atoms with E-state index in [2.05, 4.69) is 41.6 Å². The van der Waals surface area contributed by atoms with Gasteiger partial charge in [-0.3, -0.25) is 0 Å². The highest BCUT2D eigenvalue weighted by Gasteiger charge is 2.43. The fourth-order valence-electron chi connectivity index (χ4n) is 4.53. The first-order valence-corrected chi connectivity index (χ1v) is 10.1. The summed E-state index contributed by atoms with van der Waals surface area (Å²) in [7, 11) is 0. The van der Waals surface area contributed by atoms with E-state index in [0.29, 0.717) is 0 Å². The third kappa shape index (κ3) is 2.75. The zero-order valence-electron chi connectivity index (χ0n) is 16.4. The van der Waals surface area contributed by atoms with Crippen molar-refractivity contribution in [2.75, 3.05) is 5.32 Å². The topological polar surface area (TPSA) is 64.3 Å². The van der Waals surface area contributed by atoms with Gasteiger partial charge in [-0.05, 0) is 51.7 Å². The molecule has 1 aliphatic carbocycles. The zero-order chi connectivity index (χ0) is 19.1. The molecule has 6 nitrogen and oxygen atoms in total. The van der Waals surface area contributed by atoms with E-state index in [0.717, 1.165) is 65.2 Å². The quantitative estimate of drug-likeness (QED) is 0.701. The van der Waals surface area contributed by atoms with Crippen molar-refractivity contribution < 1.29 is 4.84 Å².